The Kier molecular flexibility index (Phi) is 7.42. The third-order valence-electron chi connectivity index (χ3n) is 6.71. The standard InChI is InChI=1S/C29H23ClF3N5O/c30-27-14-21(9-11-35-27)17-36-28(39)38-25-8-7-22(29(31,32)33)15-23(25)24-18-37(13-10-26(24)38)12-1-2-19-3-5-20(16-34)6-4-19/h1-9,11,14-15H,10,12-13,17-18H2,(H,36,39)/b2-1+. The molecular weight excluding hydrogens is 527 g/mol. The van der Waals surface area contributed by atoms with Crippen LogP contribution in [0.3, 0.4) is 0 Å². The fourth-order valence-electron chi connectivity index (χ4n) is 4.79. The number of aromatic nitrogens is 2. The van der Waals surface area contributed by atoms with Gasteiger partial charge in [-0.2, -0.15) is 18.4 Å². The van der Waals surface area contributed by atoms with Gasteiger partial charge in [0.25, 0.3) is 0 Å². The molecule has 0 atom stereocenters. The largest absolute Gasteiger partial charge is 0.416 e. The maximum Gasteiger partial charge on any atom is 0.416 e. The summed E-state index contributed by atoms with van der Waals surface area (Å²) in [6.45, 7) is 1.83. The van der Waals surface area contributed by atoms with Crippen LogP contribution in [0.4, 0.5) is 18.0 Å². The van der Waals surface area contributed by atoms with E-state index in [4.69, 9.17) is 16.9 Å². The molecule has 1 aliphatic rings. The van der Waals surface area contributed by atoms with Gasteiger partial charge in [0, 0.05) is 49.9 Å². The predicted octanol–water partition coefficient (Wildman–Crippen LogP) is 6.41. The second-order valence-corrected chi connectivity index (χ2v) is 9.64. The summed E-state index contributed by atoms with van der Waals surface area (Å²) in [4.78, 5) is 19.4. The molecule has 0 bridgehead atoms. The van der Waals surface area contributed by atoms with Crippen molar-refractivity contribution >= 4 is 34.6 Å². The number of nitrogens with zero attached hydrogens (tertiary/aromatic N) is 4. The van der Waals surface area contributed by atoms with Crippen LogP contribution in [0.25, 0.3) is 17.0 Å². The molecule has 0 saturated carbocycles. The van der Waals surface area contributed by atoms with E-state index in [1.807, 2.05) is 24.3 Å². The summed E-state index contributed by atoms with van der Waals surface area (Å²) < 4.78 is 42.2. The second kappa shape index (κ2) is 10.9. The Labute approximate surface area is 227 Å². The van der Waals surface area contributed by atoms with Gasteiger partial charge in [0.1, 0.15) is 5.15 Å². The Balaban J connectivity index is 1.41. The van der Waals surface area contributed by atoms with Crippen LogP contribution in [0.5, 0.6) is 0 Å². The van der Waals surface area contributed by atoms with Gasteiger partial charge in [-0.1, -0.05) is 35.9 Å². The first kappa shape index (κ1) is 26.5. The number of amides is 1. The number of fused-ring (bicyclic) bond motifs is 3. The number of carbonyl (C=O) groups excluding carboxylic acids is 1. The van der Waals surface area contributed by atoms with Crippen LogP contribution in [0.15, 0.2) is 66.9 Å². The Morgan fingerprint density at radius 3 is 2.67 bits per heavy atom. The Hall–Kier alpha value is -4.13. The number of carbonyl (C=O) groups is 1. The Morgan fingerprint density at radius 2 is 1.95 bits per heavy atom. The zero-order chi connectivity index (χ0) is 27.6. The van der Waals surface area contributed by atoms with Crippen molar-refractivity contribution in [3.63, 3.8) is 0 Å². The van der Waals surface area contributed by atoms with E-state index in [1.165, 1.54) is 10.6 Å². The van der Waals surface area contributed by atoms with E-state index in [0.717, 1.165) is 28.8 Å². The third-order valence-corrected chi connectivity index (χ3v) is 6.91. The lowest BCUT2D eigenvalue weighted by Gasteiger charge is -2.27. The number of hydrogen-bond donors (Lipinski definition) is 1. The predicted molar refractivity (Wildman–Crippen MR) is 143 cm³/mol. The minimum atomic E-state index is -4.50. The van der Waals surface area contributed by atoms with Crippen molar-refractivity contribution in [2.45, 2.75) is 25.7 Å². The van der Waals surface area contributed by atoms with Crippen molar-refractivity contribution < 1.29 is 18.0 Å². The average molecular weight is 550 g/mol. The van der Waals surface area contributed by atoms with E-state index in [9.17, 15) is 18.0 Å². The fourth-order valence-corrected chi connectivity index (χ4v) is 4.99. The molecule has 10 heteroatoms. The Bertz CT molecular complexity index is 1600. The maximum atomic E-state index is 13.6. The molecule has 0 fully saturated rings. The highest BCUT2D eigenvalue weighted by atomic mass is 35.5. The molecule has 198 valence electrons. The molecule has 1 N–H and O–H groups in total. The van der Waals surface area contributed by atoms with Gasteiger partial charge < -0.3 is 5.32 Å². The van der Waals surface area contributed by atoms with E-state index in [-0.39, 0.29) is 6.54 Å². The summed E-state index contributed by atoms with van der Waals surface area (Å²) >= 11 is 5.94. The van der Waals surface area contributed by atoms with Gasteiger partial charge in [0.15, 0.2) is 0 Å². The van der Waals surface area contributed by atoms with Gasteiger partial charge in [-0.25, -0.2) is 9.78 Å². The highest BCUT2D eigenvalue weighted by Crippen LogP contribution is 2.36. The molecular formula is C29H23ClF3N5O. The maximum absolute atomic E-state index is 13.6. The Morgan fingerprint density at radius 1 is 1.15 bits per heavy atom. The van der Waals surface area contributed by atoms with Gasteiger partial charge in [0.05, 0.1) is 22.7 Å². The molecule has 6 nitrogen and oxygen atoms in total. The summed E-state index contributed by atoms with van der Waals surface area (Å²) in [5.41, 5.74) is 3.41. The van der Waals surface area contributed by atoms with Crippen LogP contribution in [-0.4, -0.2) is 33.6 Å². The van der Waals surface area contributed by atoms with Crippen molar-refractivity contribution in [1.29, 1.82) is 5.26 Å². The summed E-state index contributed by atoms with van der Waals surface area (Å²) in [6.07, 6.45) is 1.48. The molecule has 0 aliphatic carbocycles. The summed E-state index contributed by atoms with van der Waals surface area (Å²) in [6, 6.07) is 15.8. The molecule has 39 heavy (non-hydrogen) atoms. The summed E-state index contributed by atoms with van der Waals surface area (Å²) in [7, 11) is 0. The van der Waals surface area contributed by atoms with E-state index in [1.54, 1.807) is 30.5 Å². The lowest BCUT2D eigenvalue weighted by molar-refractivity contribution is -0.137. The van der Waals surface area contributed by atoms with Crippen LogP contribution in [-0.2, 0) is 25.7 Å². The number of alkyl halides is 3. The van der Waals surface area contributed by atoms with Crippen LogP contribution < -0.4 is 5.32 Å². The number of nitrogens with one attached hydrogen (secondary N) is 1. The van der Waals surface area contributed by atoms with E-state index >= 15 is 0 Å². The first-order chi connectivity index (χ1) is 18.7. The van der Waals surface area contributed by atoms with Crippen LogP contribution in [0.2, 0.25) is 5.15 Å². The molecule has 1 aliphatic heterocycles. The number of rotatable bonds is 5. The average Bonchev–Trinajstić information content (AvgIpc) is 3.25. The molecule has 1 amide bonds. The van der Waals surface area contributed by atoms with Crippen LogP contribution >= 0.6 is 11.6 Å². The molecule has 0 spiro atoms. The fraction of sp³-hybridized carbons (Fsp3) is 0.207. The minimum absolute atomic E-state index is 0.197. The van der Waals surface area contributed by atoms with Crippen molar-refractivity contribution in [3.8, 4) is 6.07 Å². The lowest BCUT2D eigenvalue weighted by atomic mass is 10.0. The van der Waals surface area contributed by atoms with E-state index in [2.05, 4.69) is 21.3 Å². The molecule has 2 aromatic carbocycles. The zero-order valence-corrected chi connectivity index (χ0v) is 21.4. The molecule has 0 unspecified atom stereocenters. The zero-order valence-electron chi connectivity index (χ0n) is 20.7. The molecule has 0 radical (unpaired) electrons. The number of benzene rings is 2. The number of hydrogen-bond acceptors (Lipinski definition) is 4. The highest BCUT2D eigenvalue weighted by Gasteiger charge is 2.33. The molecule has 4 aromatic rings. The van der Waals surface area contributed by atoms with Gasteiger partial charge in [-0.3, -0.25) is 9.47 Å². The summed E-state index contributed by atoms with van der Waals surface area (Å²) in [5.74, 6) is 0. The second-order valence-electron chi connectivity index (χ2n) is 9.26. The quantitative estimate of drug-likeness (QED) is 0.292. The minimum Gasteiger partial charge on any atom is -0.333 e. The normalized spacial score (nSPS) is 13.9. The lowest BCUT2D eigenvalue weighted by Crippen LogP contribution is -2.34. The summed E-state index contributed by atoms with van der Waals surface area (Å²) in [5, 5.41) is 12.5. The third kappa shape index (κ3) is 5.82. The van der Waals surface area contributed by atoms with Gasteiger partial charge in [-0.15, -0.1) is 0 Å². The molecule has 0 saturated heterocycles. The monoisotopic (exact) mass is 549 g/mol. The molecule has 5 rings (SSSR count). The van der Waals surface area contributed by atoms with Gasteiger partial charge >= 0.3 is 12.2 Å². The highest BCUT2D eigenvalue weighted by molar-refractivity contribution is 6.29. The van der Waals surface area contributed by atoms with Gasteiger partial charge in [-0.05, 0) is 59.2 Å². The SMILES string of the molecule is N#Cc1ccc(/C=C/CN2CCc3c(c4cc(C(F)(F)F)ccc4n3C(=O)NCc3ccnc(Cl)c3)C2)cc1. The number of halogens is 4. The molecule has 3 heterocycles. The number of nitriles is 1. The topological polar surface area (TPSA) is 74.0 Å². The van der Waals surface area contributed by atoms with Crippen molar-refractivity contribution in [1.82, 2.24) is 19.8 Å². The first-order valence-electron chi connectivity index (χ1n) is 12.2. The first-order valence-corrected chi connectivity index (χ1v) is 12.6. The van der Waals surface area contributed by atoms with Crippen molar-refractivity contribution in [3.05, 3.63) is 106 Å². The van der Waals surface area contributed by atoms with Crippen molar-refractivity contribution in [2.75, 3.05) is 13.1 Å². The number of pyridine rings is 1. The van der Waals surface area contributed by atoms with E-state index in [0.29, 0.717) is 53.4 Å². The van der Waals surface area contributed by atoms with Crippen LogP contribution in [0.1, 0.15) is 33.5 Å². The molecule has 2 aromatic heterocycles. The van der Waals surface area contributed by atoms with Crippen molar-refractivity contribution in [2.24, 2.45) is 0 Å². The van der Waals surface area contributed by atoms with Crippen LogP contribution in [0, 0.1) is 11.3 Å². The van der Waals surface area contributed by atoms with E-state index < -0.39 is 17.8 Å². The smallest absolute Gasteiger partial charge is 0.333 e. The van der Waals surface area contributed by atoms with Gasteiger partial charge in [0.2, 0.25) is 0 Å².